The van der Waals surface area contributed by atoms with Gasteiger partial charge in [0.25, 0.3) is 5.91 Å². The van der Waals surface area contributed by atoms with Crippen molar-refractivity contribution in [2.45, 2.75) is 6.92 Å². The summed E-state index contributed by atoms with van der Waals surface area (Å²) in [5.74, 6) is -0.230. The molecule has 2 heterocycles. The van der Waals surface area contributed by atoms with E-state index < -0.39 is 0 Å². The lowest BCUT2D eigenvalue weighted by atomic mass is 10.3. The van der Waals surface area contributed by atoms with Crippen molar-refractivity contribution in [3.63, 3.8) is 0 Å². The Morgan fingerprint density at radius 3 is 2.81 bits per heavy atom. The summed E-state index contributed by atoms with van der Waals surface area (Å²) < 4.78 is 5.40. The molecule has 0 radical (unpaired) electrons. The number of hydrogen-bond acceptors (Lipinski definition) is 3. The van der Waals surface area contributed by atoms with Gasteiger partial charge in [-0.2, -0.15) is 0 Å². The second-order valence-electron chi connectivity index (χ2n) is 3.25. The Balaban J connectivity index is 2.14. The molecule has 1 N–H and O–H groups in total. The molecule has 82 valence electrons. The van der Waals surface area contributed by atoms with Crippen LogP contribution in [0.3, 0.4) is 0 Å². The Kier molecular flexibility index (Phi) is 3.05. The van der Waals surface area contributed by atoms with E-state index in [0.29, 0.717) is 15.9 Å². The van der Waals surface area contributed by atoms with Gasteiger partial charge in [0.05, 0.1) is 23.7 Å². The summed E-state index contributed by atoms with van der Waals surface area (Å²) in [6.45, 7) is 1.89. The lowest BCUT2D eigenvalue weighted by Gasteiger charge is -2.03. The van der Waals surface area contributed by atoms with E-state index in [0.717, 1.165) is 5.69 Å². The van der Waals surface area contributed by atoms with Crippen molar-refractivity contribution in [3.8, 4) is 0 Å². The maximum Gasteiger partial charge on any atom is 0.260 e. The molecule has 0 spiro atoms. The van der Waals surface area contributed by atoms with Gasteiger partial charge in [0.15, 0.2) is 4.67 Å². The molecule has 2 aromatic heterocycles. The molecule has 16 heavy (non-hydrogen) atoms. The van der Waals surface area contributed by atoms with Crippen LogP contribution in [0.2, 0.25) is 0 Å². The number of aryl methyl sites for hydroxylation is 1. The minimum atomic E-state index is -0.230. The molecular formula is C11H9BrN2O2. The second-order valence-corrected chi connectivity index (χ2v) is 3.97. The van der Waals surface area contributed by atoms with E-state index in [9.17, 15) is 4.79 Å². The highest BCUT2D eigenvalue weighted by molar-refractivity contribution is 9.10. The van der Waals surface area contributed by atoms with Crippen molar-refractivity contribution < 1.29 is 9.21 Å². The van der Waals surface area contributed by atoms with E-state index in [1.807, 2.05) is 13.0 Å². The number of amides is 1. The summed E-state index contributed by atoms with van der Waals surface area (Å²) in [7, 11) is 0. The van der Waals surface area contributed by atoms with Gasteiger partial charge in [0, 0.05) is 5.69 Å². The van der Waals surface area contributed by atoms with Crippen molar-refractivity contribution in [1.29, 1.82) is 0 Å². The lowest BCUT2D eigenvalue weighted by molar-refractivity contribution is 0.102. The van der Waals surface area contributed by atoms with Crippen molar-refractivity contribution in [1.82, 2.24) is 4.98 Å². The molecule has 0 atom stereocenters. The van der Waals surface area contributed by atoms with Crippen LogP contribution in [-0.2, 0) is 0 Å². The summed E-state index contributed by atoms with van der Waals surface area (Å²) >= 11 is 3.15. The van der Waals surface area contributed by atoms with Crippen molar-refractivity contribution in [2.24, 2.45) is 0 Å². The van der Waals surface area contributed by atoms with Gasteiger partial charge in [-0.3, -0.25) is 9.78 Å². The maximum absolute atomic E-state index is 11.8. The summed E-state index contributed by atoms with van der Waals surface area (Å²) in [4.78, 5) is 15.8. The van der Waals surface area contributed by atoms with Gasteiger partial charge in [0.2, 0.25) is 0 Å². The number of furan rings is 1. The third-order valence-corrected chi connectivity index (χ3v) is 2.65. The fourth-order valence-corrected chi connectivity index (χ4v) is 1.62. The molecule has 4 nitrogen and oxygen atoms in total. The predicted octanol–water partition coefficient (Wildman–Crippen LogP) is 3.00. The summed E-state index contributed by atoms with van der Waals surface area (Å²) in [5.41, 5.74) is 2.02. The molecule has 0 saturated carbocycles. The van der Waals surface area contributed by atoms with Gasteiger partial charge in [-0.05, 0) is 41.1 Å². The molecule has 5 heteroatoms. The van der Waals surface area contributed by atoms with Gasteiger partial charge >= 0.3 is 0 Å². The smallest absolute Gasteiger partial charge is 0.260 e. The van der Waals surface area contributed by atoms with Crippen LogP contribution in [0, 0.1) is 6.92 Å². The van der Waals surface area contributed by atoms with Crippen molar-refractivity contribution in [2.75, 3.05) is 5.32 Å². The first-order valence-electron chi connectivity index (χ1n) is 4.64. The molecule has 0 aromatic carbocycles. The predicted molar refractivity (Wildman–Crippen MR) is 63.3 cm³/mol. The number of halogens is 1. The number of aromatic nitrogens is 1. The van der Waals surface area contributed by atoms with Crippen LogP contribution in [0.1, 0.15) is 16.1 Å². The molecule has 1 amide bonds. The number of nitrogens with one attached hydrogen (secondary N) is 1. The third-order valence-electron chi connectivity index (χ3n) is 2.03. The highest BCUT2D eigenvalue weighted by Crippen LogP contribution is 2.18. The van der Waals surface area contributed by atoms with Gasteiger partial charge in [0.1, 0.15) is 0 Å². The number of carbonyl (C=O) groups excluding carboxylic acids is 1. The maximum atomic E-state index is 11.8. The quantitative estimate of drug-likeness (QED) is 0.920. The molecule has 2 aromatic rings. The van der Waals surface area contributed by atoms with Crippen LogP contribution in [-0.4, -0.2) is 10.9 Å². The SMILES string of the molecule is Cc1ccc(NC(=O)c2ccoc2Br)cn1. The monoisotopic (exact) mass is 280 g/mol. The van der Waals surface area contributed by atoms with Crippen LogP contribution in [0.25, 0.3) is 0 Å². The third kappa shape index (κ3) is 2.30. The normalized spacial score (nSPS) is 10.1. The Hall–Kier alpha value is -1.62. The van der Waals surface area contributed by atoms with Gasteiger partial charge in [-0.15, -0.1) is 0 Å². The van der Waals surface area contributed by atoms with Crippen molar-refractivity contribution in [3.05, 3.63) is 46.6 Å². The lowest BCUT2D eigenvalue weighted by Crippen LogP contribution is -2.11. The van der Waals surface area contributed by atoms with Gasteiger partial charge < -0.3 is 9.73 Å². The summed E-state index contributed by atoms with van der Waals surface area (Å²) in [6, 6.07) is 5.23. The molecule has 0 aliphatic heterocycles. The van der Waals surface area contributed by atoms with E-state index in [-0.39, 0.29) is 5.91 Å². The van der Waals surface area contributed by atoms with E-state index in [2.05, 4.69) is 26.2 Å². The first-order valence-corrected chi connectivity index (χ1v) is 5.43. The fourth-order valence-electron chi connectivity index (χ4n) is 1.20. The average Bonchev–Trinajstić information content (AvgIpc) is 2.68. The van der Waals surface area contributed by atoms with Gasteiger partial charge in [-0.25, -0.2) is 0 Å². The zero-order chi connectivity index (χ0) is 11.5. The summed E-state index contributed by atoms with van der Waals surface area (Å²) in [5, 5.41) is 2.72. The number of nitrogens with zero attached hydrogens (tertiary/aromatic N) is 1. The first-order chi connectivity index (χ1) is 7.66. The van der Waals surface area contributed by atoms with Crippen LogP contribution in [0.15, 0.2) is 39.7 Å². The highest BCUT2D eigenvalue weighted by atomic mass is 79.9. The fraction of sp³-hybridized carbons (Fsp3) is 0.0909. The first kappa shape index (κ1) is 10.9. The van der Waals surface area contributed by atoms with Crippen LogP contribution in [0.5, 0.6) is 0 Å². The van der Waals surface area contributed by atoms with E-state index in [1.54, 1.807) is 18.3 Å². The Morgan fingerprint density at radius 2 is 2.25 bits per heavy atom. The molecule has 0 unspecified atom stereocenters. The number of carbonyl (C=O) groups is 1. The van der Waals surface area contributed by atoms with Crippen LogP contribution < -0.4 is 5.32 Å². The topological polar surface area (TPSA) is 55.1 Å². The molecule has 0 bridgehead atoms. The highest BCUT2D eigenvalue weighted by Gasteiger charge is 2.12. The Labute approximate surface area is 101 Å². The minimum Gasteiger partial charge on any atom is -0.457 e. The molecule has 0 aliphatic carbocycles. The average molecular weight is 281 g/mol. The van der Waals surface area contributed by atoms with E-state index in [1.165, 1.54) is 6.26 Å². The molecule has 2 rings (SSSR count). The van der Waals surface area contributed by atoms with E-state index >= 15 is 0 Å². The van der Waals surface area contributed by atoms with E-state index in [4.69, 9.17) is 4.42 Å². The second kappa shape index (κ2) is 4.49. The Bertz CT molecular complexity index is 505. The number of hydrogen-bond donors (Lipinski definition) is 1. The standard InChI is InChI=1S/C11H9BrN2O2/c1-7-2-3-8(6-13-7)14-11(15)9-4-5-16-10(9)12/h2-6H,1H3,(H,14,15). The van der Waals surface area contributed by atoms with Crippen molar-refractivity contribution >= 4 is 27.5 Å². The van der Waals surface area contributed by atoms with Gasteiger partial charge in [-0.1, -0.05) is 0 Å². The number of rotatable bonds is 2. The molecule has 0 aliphatic rings. The molecule has 0 fully saturated rings. The summed E-state index contributed by atoms with van der Waals surface area (Å²) in [6.07, 6.45) is 3.06. The number of pyridine rings is 1. The molecular weight excluding hydrogens is 272 g/mol. The van der Waals surface area contributed by atoms with Crippen LogP contribution >= 0.6 is 15.9 Å². The zero-order valence-electron chi connectivity index (χ0n) is 8.53. The Morgan fingerprint density at radius 1 is 1.44 bits per heavy atom. The number of anilines is 1. The molecule has 0 saturated heterocycles. The zero-order valence-corrected chi connectivity index (χ0v) is 10.1. The largest absolute Gasteiger partial charge is 0.457 e. The van der Waals surface area contributed by atoms with Crippen LogP contribution in [0.4, 0.5) is 5.69 Å². The minimum absolute atomic E-state index is 0.230.